The highest BCUT2D eigenvalue weighted by Crippen LogP contribution is 2.27. The van der Waals surface area contributed by atoms with Gasteiger partial charge in [0.2, 0.25) is 10.0 Å². The fraction of sp³-hybridized carbons (Fsp3) is 0.174. The molecule has 1 aliphatic heterocycles. The van der Waals surface area contributed by atoms with E-state index < -0.39 is 26.0 Å². The molecule has 36 heavy (non-hydrogen) atoms. The van der Waals surface area contributed by atoms with E-state index in [-0.39, 0.29) is 41.8 Å². The van der Waals surface area contributed by atoms with Gasteiger partial charge in [0.05, 0.1) is 26.1 Å². The third-order valence-corrected chi connectivity index (χ3v) is 9.48. The minimum absolute atomic E-state index is 0.0202. The van der Waals surface area contributed by atoms with E-state index in [2.05, 4.69) is 10.0 Å². The zero-order valence-electron chi connectivity index (χ0n) is 18.5. The molecule has 3 aromatic carbocycles. The molecule has 1 fully saturated rings. The van der Waals surface area contributed by atoms with Gasteiger partial charge < -0.3 is 5.32 Å². The van der Waals surface area contributed by atoms with Crippen LogP contribution >= 0.6 is 34.8 Å². The Labute approximate surface area is 224 Å². The average molecular weight is 589 g/mol. The molecule has 13 heteroatoms. The number of amides is 1. The number of carbonyl (C=O) groups excluding carboxylic acids is 1. The number of sulfonamides is 2. The van der Waals surface area contributed by atoms with Crippen molar-refractivity contribution in [3.8, 4) is 0 Å². The Morgan fingerprint density at radius 3 is 1.94 bits per heavy atom. The fourth-order valence-electron chi connectivity index (χ4n) is 3.66. The van der Waals surface area contributed by atoms with Crippen molar-refractivity contribution in [2.75, 3.05) is 23.1 Å². The molecule has 0 radical (unpaired) electrons. The van der Waals surface area contributed by atoms with Gasteiger partial charge >= 0.3 is 0 Å². The molecule has 3 aromatic rings. The second-order valence-electron chi connectivity index (χ2n) is 7.99. The van der Waals surface area contributed by atoms with Crippen LogP contribution in [0.4, 0.5) is 11.4 Å². The molecular weight excluding hydrogens is 569 g/mol. The van der Waals surface area contributed by atoms with Crippen LogP contribution in [0, 0.1) is 0 Å². The number of hydrogen-bond acceptors (Lipinski definition) is 5. The zero-order chi connectivity index (χ0) is 26.1. The van der Waals surface area contributed by atoms with Crippen molar-refractivity contribution in [2.45, 2.75) is 22.6 Å². The first kappa shape index (κ1) is 26.7. The minimum Gasteiger partial charge on any atom is -0.322 e. The molecule has 2 N–H and O–H groups in total. The molecule has 190 valence electrons. The third-order valence-electron chi connectivity index (χ3n) is 5.42. The van der Waals surface area contributed by atoms with Crippen molar-refractivity contribution in [1.82, 2.24) is 4.31 Å². The largest absolute Gasteiger partial charge is 0.322 e. The molecule has 4 rings (SSSR count). The Morgan fingerprint density at radius 1 is 0.750 bits per heavy atom. The van der Waals surface area contributed by atoms with Crippen LogP contribution < -0.4 is 10.0 Å². The van der Waals surface area contributed by atoms with Gasteiger partial charge in [0.1, 0.15) is 0 Å². The molecule has 0 spiro atoms. The maximum Gasteiger partial charge on any atom is 0.261 e. The summed E-state index contributed by atoms with van der Waals surface area (Å²) in [5.41, 5.74) is 0.463. The van der Waals surface area contributed by atoms with Crippen LogP contribution in [0.2, 0.25) is 15.1 Å². The Balaban J connectivity index is 1.51. The lowest BCUT2D eigenvalue weighted by atomic mass is 10.2. The van der Waals surface area contributed by atoms with Crippen molar-refractivity contribution in [3.63, 3.8) is 0 Å². The number of nitrogens with one attached hydrogen (secondary N) is 2. The Bertz CT molecular complexity index is 1500. The SMILES string of the molecule is O=C(Nc1ccc(S(=O)(=O)Nc2cc(Cl)cc(Cl)c2)cc1)c1cc(S(=O)(=O)N2CCCC2)ccc1Cl. The van der Waals surface area contributed by atoms with E-state index in [1.54, 1.807) is 0 Å². The number of rotatable bonds is 7. The smallest absolute Gasteiger partial charge is 0.261 e. The summed E-state index contributed by atoms with van der Waals surface area (Å²) in [6.45, 7) is 0.863. The number of benzene rings is 3. The lowest BCUT2D eigenvalue weighted by Gasteiger charge is -2.16. The Hall–Kier alpha value is -2.34. The number of hydrogen-bond donors (Lipinski definition) is 2. The molecule has 1 saturated heterocycles. The lowest BCUT2D eigenvalue weighted by Crippen LogP contribution is -2.28. The van der Waals surface area contributed by atoms with Crippen molar-refractivity contribution < 1.29 is 21.6 Å². The summed E-state index contributed by atoms with van der Waals surface area (Å²) in [6, 6.07) is 13.7. The second-order valence-corrected chi connectivity index (χ2v) is 12.9. The summed E-state index contributed by atoms with van der Waals surface area (Å²) in [6.07, 6.45) is 1.57. The van der Waals surface area contributed by atoms with Gasteiger partial charge in [-0.15, -0.1) is 0 Å². The monoisotopic (exact) mass is 587 g/mol. The first-order valence-electron chi connectivity index (χ1n) is 10.7. The van der Waals surface area contributed by atoms with Gasteiger partial charge in [-0.3, -0.25) is 9.52 Å². The molecule has 1 heterocycles. The van der Waals surface area contributed by atoms with Crippen LogP contribution in [0.3, 0.4) is 0 Å². The van der Waals surface area contributed by atoms with Gasteiger partial charge in [-0.05, 0) is 73.5 Å². The van der Waals surface area contributed by atoms with Crippen LogP contribution in [0.25, 0.3) is 0 Å². The number of carbonyl (C=O) groups is 1. The summed E-state index contributed by atoms with van der Waals surface area (Å²) in [5, 5.41) is 3.23. The minimum atomic E-state index is -3.95. The number of halogens is 3. The van der Waals surface area contributed by atoms with Crippen molar-refractivity contribution in [2.24, 2.45) is 0 Å². The molecule has 0 unspecified atom stereocenters. The van der Waals surface area contributed by atoms with Gasteiger partial charge in [0.15, 0.2) is 0 Å². The number of anilines is 2. The maximum atomic E-state index is 12.9. The van der Waals surface area contributed by atoms with Gasteiger partial charge in [-0.2, -0.15) is 4.31 Å². The molecule has 0 aromatic heterocycles. The molecule has 0 aliphatic carbocycles. The zero-order valence-corrected chi connectivity index (χ0v) is 22.4. The summed E-state index contributed by atoms with van der Waals surface area (Å²) in [4.78, 5) is 12.8. The van der Waals surface area contributed by atoms with Gasteiger partial charge in [0.25, 0.3) is 15.9 Å². The summed E-state index contributed by atoms with van der Waals surface area (Å²) >= 11 is 18.0. The van der Waals surface area contributed by atoms with Crippen LogP contribution in [0.1, 0.15) is 23.2 Å². The van der Waals surface area contributed by atoms with Gasteiger partial charge in [-0.25, -0.2) is 16.8 Å². The highest BCUT2D eigenvalue weighted by Gasteiger charge is 2.28. The normalized spacial score (nSPS) is 14.5. The van der Waals surface area contributed by atoms with E-state index in [0.717, 1.165) is 12.8 Å². The second kappa shape index (κ2) is 10.6. The predicted molar refractivity (Wildman–Crippen MR) is 141 cm³/mol. The predicted octanol–water partition coefficient (Wildman–Crippen LogP) is 5.48. The van der Waals surface area contributed by atoms with E-state index in [1.807, 2.05) is 0 Å². The van der Waals surface area contributed by atoms with Crippen LogP contribution in [0.5, 0.6) is 0 Å². The molecule has 8 nitrogen and oxygen atoms in total. The first-order valence-corrected chi connectivity index (χ1v) is 14.7. The van der Waals surface area contributed by atoms with Crippen molar-refractivity contribution in [1.29, 1.82) is 0 Å². The van der Waals surface area contributed by atoms with Gasteiger partial charge in [-0.1, -0.05) is 34.8 Å². The standard InChI is InChI=1S/C23H20Cl3N3O5S2/c24-15-11-16(25)13-18(12-15)28-35(31,32)19-5-3-17(4-6-19)27-23(30)21-14-20(7-8-22(21)26)36(33,34)29-9-1-2-10-29/h3-8,11-14,28H,1-2,9-10H2,(H,27,30). The van der Waals surface area contributed by atoms with Gasteiger partial charge in [0, 0.05) is 28.8 Å². The number of nitrogens with zero attached hydrogens (tertiary/aromatic N) is 1. The quantitative estimate of drug-likeness (QED) is 0.379. The van der Waals surface area contributed by atoms with Crippen molar-refractivity contribution in [3.05, 3.63) is 81.3 Å². The molecule has 0 bridgehead atoms. The molecule has 1 amide bonds. The molecule has 0 atom stereocenters. The van der Waals surface area contributed by atoms with E-state index in [9.17, 15) is 21.6 Å². The fourth-order valence-corrected chi connectivity index (χ4v) is 6.97. The molecule has 1 aliphatic rings. The Morgan fingerprint density at radius 2 is 1.33 bits per heavy atom. The molecule has 0 saturated carbocycles. The van der Waals surface area contributed by atoms with Crippen molar-refractivity contribution >= 4 is 72.1 Å². The summed E-state index contributed by atoms with van der Waals surface area (Å²) < 4.78 is 54.9. The van der Waals surface area contributed by atoms with E-state index >= 15 is 0 Å². The summed E-state index contributed by atoms with van der Waals surface area (Å²) in [7, 11) is -7.69. The van der Waals surface area contributed by atoms with E-state index in [0.29, 0.717) is 13.1 Å². The average Bonchev–Trinajstić information content (AvgIpc) is 3.34. The van der Waals surface area contributed by atoms with Crippen LogP contribution in [-0.2, 0) is 20.0 Å². The van der Waals surface area contributed by atoms with E-state index in [1.165, 1.54) is 65.0 Å². The highest BCUT2D eigenvalue weighted by atomic mass is 35.5. The first-order chi connectivity index (χ1) is 17.0. The van der Waals surface area contributed by atoms with E-state index in [4.69, 9.17) is 34.8 Å². The lowest BCUT2D eigenvalue weighted by molar-refractivity contribution is 0.102. The van der Waals surface area contributed by atoms with Crippen LogP contribution in [-0.4, -0.2) is 40.1 Å². The highest BCUT2D eigenvalue weighted by molar-refractivity contribution is 7.92. The maximum absolute atomic E-state index is 12.9. The Kier molecular flexibility index (Phi) is 7.84. The van der Waals surface area contributed by atoms with Crippen LogP contribution in [0.15, 0.2) is 70.5 Å². The molecular formula is C23H20Cl3N3O5S2. The topological polar surface area (TPSA) is 113 Å². The summed E-state index contributed by atoms with van der Waals surface area (Å²) in [5.74, 6) is -0.638. The third kappa shape index (κ3) is 5.96.